The molecule has 0 amide bonds. The molecule has 40 heavy (non-hydrogen) atoms. The summed E-state index contributed by atoms with van der Waals surface area (Å²) in [6.45, 7) is 5.19. The van der Waals surface area contributed by atoms with Crippen LogP contribution in [0.4, 0.5) is 0 Å². The summed E-state index contributed by atoms with van der Waals surface area (Å²) in [5.74, 6) is 1.39. The monoisotopic (exact) mass is 543 g/mol. The lowest BCUT2D eigenvalue weighted by Crippen LogP contribution is -2.46. The number of aliphatic carboxylic acids is 1. The van der Waals surface area contributed by atoms with Gasteiger partial charge in [-0.05, 0) is 86.6 Å². The number of aromatic nitrogens is 3. The van der Waals surface area contributed by atoms with Crippen LogP contribution in [0.1, 0.15) is 74.8 Å². The van der Waals surface area contributed by atoms with Crippen LogP contribution < -0.4 is 0 Å². The van der Waals surface area contributed by atoms with E-state index >= 15 is 0 Å². The molecule has 0 bridgehead atoms. The van der Waals surface area contributed by atoms with Crippen LogP contribution in [0, 0.1) is 17.8 Å². The number of hydrogen-bond acceptors (Lipinski definition) is 5. The van der Waals surface area contributed by atoms with Crippen molar-refractivity contribution in [3.8, 4) is 0 Å². The van der Waals surface area contributed by atoms with Gasteiger partial charge in [0.15, 0.2) is 5.65 Å². The Morgan fingerprint density at radius 3 is 2.55 bits per heavy atom. The minimum Gasteiger partial charge on any atom is -0.480 e. The second kappa shape index (κ2) is 12.8. The lowest BCUT2D eigenvalue weighted by molar-refractivity contribution is -0.145. The Balaban J connectivity index is 1.03. The summed E-state index contributed by atoms with van der Waals surface area (Å²) in [4.78, 5) is 21.8. The molecule has 7 nitrogen and oxygen atoms in total. The van der Waals surface area contributed by atoms with E-state index < -0.39 is 5.97 Å². The van der Waals surface area contributed by atoms with Gasteiger partial charge in [-0.2, -0.15) is 5.10 Å². The molecule has 214 valence electrons. The summed E-state index contributed by atoms with van der Waals surface area (Å²) < 4.78 is 1.87. The zero-order valence-corrected chi connectivity index (χ0v) is 23.8. The zero-order valence-electron chi connectivity index (χ0n) is 23.8. The van der Waals surface area contributed by atoms with Gasteiger partial charge in [-0.25, -0.2) is 9.50 Å². The van der Waals surface area contributed by atoms with Gasteiger partial charge in [0.05, 0.1) is 0 Å². The lowest BCUT2D eigenvalue weighted by atomic mass is 9.83. The first kappa shape index (κ1) is 27.4. The number of nitrogens with zero attached hydrogens (tertiary/aromatic N) is 5. The van der Waals surface area contributed by atoms with Crippen molar-refractivity contribution in [3.05, 3.63) is 66.1 Å². The highest BCUT2D eigenvalue weighted by Crippen LogP contribution is 2.38. The Kier molecular flexibility index (Phi) is 8.78. The Labute approximate surface area is 238 Å². The van der Waals surface area contributed by atoms with Crippen molar-refractivity contribution in [1.29, 1.82) is 0 Å². The van der Waals surface area contributed by atoms with Crippen LogP contribution in [0.3, 0.4) is 0 Å². The lowest BCUT2D eigenvalue weighted by Gasteiger charge is -2.35. The van der Waals surface area contributed by atoms with Gasteiger partial charge in [-0.15, -0.1) is 0 Å². The number of hydrogen-bond donors (Lipinski definition) is 1. The molecule has 3 fully saturated rings. The van der Waals surface area contributed by atoms with Gasteiger partial charge in [0.2, 0.25) is 0 Å². The molecule has 3 aromatic rings. The van der Waals surface area contributed by atoms with E-state index in [0.717, 1.165) is 50.5 Å². The predicted octanol–water partition coefficient (Wildman–Crippen LogP) is 5.51. The third-order valence-electron chi connectivity index (χ3n) is 10.1. The maximum atomic E-state index is 12.5. The molecule has 1 saturated carbocycles. The fraction of sp³-hybridized carbons (Fsp3) is 0.606. The molecule has 4 heterocycles. The predicted molar refractivity (Wildman–Crippen MR) is 157 cm³/mol. The molecule has 7 heteroatoms. The van der Waals surface area contributed by atoms with Gasteiger partial charge in [-0.1, -0.05) is 62.1 Å². The Morgan fingerprint density at radius 2 is 1.77 bits per heavy atom. The van der Waals surface area contributed by atoms with Crippen molar-refractivity contribution in [2.24, 2.45) is 17.8 Å². The molecular formula is C33H45N5O2. The summed E-state index contributed by atoms with van der Waals surface area (Å²) in [6.07, 6.45) is 15.6. The van der Waals surface area contributed by atoms with Gasteiger partial charge in [-0.3, -0.25) is 9.69 Å². The molecule has 0 unspecified atom stereocenters. The fourth-order valence-corrected chi connectivity index (χ4v) is 7.89. The third kappa shape index (κ3) is 6.41. The number of carboxylic acid groups (broad SMARTS) is 1. The molecule has 2 aromatic heterocycles. The quantitative estimate of drug-likeness (QED) is 0.363. The summed E-state index contributed by atoms with van der Waals surface area (Å²) in [6, 6.07) is 14.8. The number of aryl methyl sites for hydroxylation is 1. The van der Waals surface area contributed by atoms with Gasteiger partial charge in [0.1, 0.15) is 12.4 Å². The SMILES string of the molecule is O=C(O)[C@@H](C1CCCCC1)N1C[C@H](CN2CCC(CCCc3ccc4ncnn4c3)CC2)[C@@H](c2ccccc2)C1. The number of rotatable bonds is 10. The van der Waals surface area contributed by atoms with E-state index in [0.29, 0.717) is 17.8 Å². The van der Waals surface area contributed by atoms with Crippen molar-refractivity contribution >= 4 is 11.6 Å². The summed E-state index contributed by atoms with van der Waals surface area (Å²) >= 11 is 0. The number of benzene rings is 1. The van der Waals surface area contributed by atoms with E-state index in [9.17, 15) is 9.90 Å². The van der Waals surface area contributed by atoms with Crippen molar-refractivity contribution in [3.63, 3.8) is 0 Å². The van der Waals surface area contributed by atoms with Crippen LogP contribution in [0.25, 0.3) is 5.65 Å². The largest absolute Gasteiger partial charge is 0.480 e. The topological polar surface area (TPSA) is 74.0 Å². The minimum absolute atomic E-state index is 0.301. The molecule has 3 atom stereocenters. The van der Waals surface area contributed by atoms with Gasteiger partial charge < -0.3 is 10.0 Å². The van der Waals surface area contributed by atoms with E-state index in [-0.39, 0.29) is 6.04 Å². The van der Waals surface area contributed by atoms with Gasteiger partial charge in [0.25, 0.3) is 0 Å². The highest BCUT2D eigenvalue weighted by molar-refractivity contribution is 5.74. The smallest absolute Gasteiger partial charge is 0.321 e. The Hall–Kier alpha value is -2.77. The second-order valence-electron chi connectivity index (χ2n) is 12.6. The molecule has 3 aliphatic rings. The van der Waals surface area contributed by atoms with Crippen molar-refractivity contribution in [2.45, 2.75) is 76.2 Å². The number of pyridine rings is 1. The summed E-state index contributed by atoms with van der Waals surface area (Å²) in [5.41, 5.74) is 3.62. The number of piperidine rings is 1. The number of carbonyl (C=O) groups is 1. The van der Waals surface area contributed by atoms with Crippen LogP contribution in [0.15, 0.2) is 55.0 Å². The Bertz CT molecular complexity index is 1230. The van der Waals surface area contributed by atoms with Crippen molar-refractivity contribution in [1.82, 2.24) is 24.4 Å². The first-order valence-corrected chi connectivity index (χ1v) is 15.7. The van der Waals surface area contributed by atoms with Crippen LogP contribution in [0.2, 0.25) is 0 Å². The molecule has 0 radical (unpaired) electrons. The van der Waals surface area contributed by atoms with E-state index in [2.05, 4.69) is 68.5 Å². The van der Waals surface area contributed by atoms with E-state index in [1.807, 2.05) is 4.52 Å². The molecule has 6 rings (SSSR count). The second-order valence-corrected chi connectivity index (χ2v) is 12.6. The van der Waals surface area contributed by atoms with E-state index in [1.54, 1.807) is 6.33 Å². The van der Waals surface area contributed by atoms with E-state index in [1.165, 1.54) is 69.2 Å². The standard InChI is InChI=1S/C33H45N5O2/c39-33(40)32(28-12-5-2-6-13-28)37-22-29(30(23-37)27-10-3-1-4-11-27)21-36-18-16-25(17-19-36)8-7-9-26-14-15-31-34-24-35-38(31)20-26/h1,3-4,10-11,14-15,20,24-25,28-30,32H,2,5-9,12-13,16-19,21-23H2,(H,39,40)/t29-,30+,32+/m0/s1. The average Bonchev–Trinajstić information content (AvgIpc) is 3.62. The fourth-order valence-electron chi connectivity index (χ4n) is 7.89. The molecule has 1 N–H and O–H groups in total. The maximum absolute atomic E-state index is 12.5. The normalized spacial score (nSPS) is 24.5. The molecule has 2 saturated heterocycles. The zero-order chi connectivity index (χ0) is 27.3. The van der Waals surface area contributed by atoms with Crippen molar-refractivity contribution < 1.29 is 9.90 Å². The van der Waals surface area contributed by atoms with Gasteiger partial charge in [0, 0.05) is 31.7 Å². The molecular weight excluding hydrogens is 498 g/mol. The van der Waals surface area contributed by atoms with Crippen LogP contribution in [-0.4, -0.2) is 74.2 Å². The molecule has 1 aliphatic carbocycles. The van der Waals surface area contributed by atoms with Gasteiger partial charge >= 0.3 is 5.97 Å². The van der Waals surface area contributed by atoms with Crippen LogP contribution in [-0.2, 0) is 11.2 Å². The Morgan fingerprint density at radius 1 is 0.975 bits per heavy atom. The maximum Gasteiger partial charge on any atom is 0.321 e. The number of carboxylic acids is 1. The minimum atomic E-state index is -0.610. The average molecular weight is 544 g/mol. The van der Waals surface area contributed by atoms with E-state index in [4.69, 9.17) is 0 Å². The first-order valence-electron chi connectivity index (χ1n) is 15.7. The van der Waals surface area contributed by atoms with Crippen LogP contribution >= 0.6 is 0 Å². The van der Waals surface area contributed by atoms with Crippen LogP contribution in [0.5, 0.6) is 0 Å². The highest BCUT2D eigenvalue weighted by atomic mass is 16.4. The van der Waals surface area contributed by atoms with Crippen molar-refractivity contribution in [2.75, 3.05) is 32.7 Å². The summed E-state index contributed by atoms with van der Waals surface area (Å²) in [5, 5.41) is 14.6. The molecule has 1 aromatic carbocycles. The summed E-state index contributed by atoms with van der Waals surface area (Å²) in [7, 11) is 0. The molecule has 0 spiro atoms. The first-order chi connectivity index (χ1) is 19.6. The number of likely N-dealkylation sites (tertiary alicyclic amines) is 2. The number of fused-ring (bicyclic) bond motifs is 1. The third-order valence-corrected chi connectivity index (χ3v) is 10.1. The molecule has 2 aliphatic heterocycles. The highest BCUT2D eigenvalue weighted by Gasteiger charge is 2.43.